The first-order valence-electron chi connectivity index (χ1n) is 10.1. The van der Waals surface area contributed by atoms with E-state index in [0.29, 0.717) is 12.6 Å². The molecule has 0 amide bonds. The number of piperidine rings is 1. The van der Waals surface area contributed by atoms with Crippen LogP contribution in [0.15, 0.2) is 10.4 Å². The summed E-state index contributed by atoms with van der Waals surface area (Å²) >= 11 is 1.66. The second kappa shape index (κ2) is 10.2. The third-order valence-electron chi connectivity index (χ3n) is 5.13. The van der Waals surface area contributed by atoms with Crippen molar-refractivity contribution in [2.45, 2.75) is 38.8 Å². The average Bonchev–Trinajstić information content (AvgIpc) is 3.33. The molecule has 3 heterocycles. The molecular formula is C19H34N6OS. The standard InChI is InChI=1S/C19H34N6OS/c1-4-20-18(21-11-17-14-27-19(23-17)24(2)3)22-16-5-8-25(9-6-16)12-15-7-10-26-13-15/h14-16H,4-13H2,1-3H3,(H2,20,21,22). The average molecular weight is 395 g/mol. The van der Waals surface area contributed by atoms with Gasteiger partial charge in [0, 0.05) is 58.3 Å². The molecule has 0 saturated carbocycles. The smallest absolute Gasteiger partial charge is 0.191 e. The molecule has 2 saturated heterocycles. The van der Waals surface area contributed by atoms with Crippen molar-refractivity contribution >= 4 is 22.4 Å². The molecule has 1 atom stereocenters. The minimum atomic E-state index is 0.492. The highest BCUT2D eigenvalue weighted by molar-refractivity contribution is 7.13. The third kappa shape index (κ3) is 6.33. The molecule has 2 aliphatic rings. The summed E-state index contributed by atoms with van der Waals surface area (Å²) in [6.07, 6.45) is 3.56. The van der Waals surface area contributed by atoms with Gasteiger partial charge in [0.05, 0.1) is 18.8 Å². The fourth-order valence-corrected chi connectivity index (χ4v) is 4.35. The minimum absolute atomic E-state index is 0.492. The van der Waals surface area contributed by atoms with E-state index in [2.05, 4.69) is 32.8 Å². The SMILES string of the molecule is CCNC(=NCc1csc(N(C)C)n1)NC1CCN(CC2CCOC2)CC1. The van der Waals surface area contributed by atoms with E-state index in [0.717, 1.165) is 55.6 Å². The summed E-state index contributed by atoms with van der Waals surface area (Å²) in [5.41, 5.74) is 1.02. The number of aliphatic imine (C=N–C) groups is 1. The van der Waals surface area contributed by atoms with Gasteiger partial charge in [0.15, 0.2) is 11.1 Å². The van der Waals surface area contributed by atoms with Gasteiger partial charge in [-0.3, -0.25) is 0 Å². The molecule has 1 aromatic rings. The molecular weight excluding hydrogens is 360 g/mol. The molecule has 3 rings (SSSR count). The number of aromatic nitrogens is 1. The van der Waals surface area contributed by atoms with E-state index in [-0.39, 0.29) is 0 Å². The Balaban J connectivity index is 1.45. The topological polar surface area (TPSA) is 65.0 Å². The van der Waals surface area contributed by atoms with Crippen LogP contribution in [-0.4, -0.2) is 75.4 Å². The van der Waals surface area contributed by atoms with E-state index in [1.807, 2.05) is 19.0 Å². The second-order valence-electron chi connectivity index (χ2n) is 7.66. The zero-order valence-corrected chi connectivity index (χ0v) is 17.7. The predicted octanol–water partition coefficient (Wildman–Crippen LogP) is 1.77. The summed E-state index contributed by atoms with van der Waals surface area (Å²) in [7, 11) is 4.03. The van der Waals surface area contributed by atoms with Crippen LogP contribution < -0.4 is 15.5 Å². The lowest BCUT2D eigenvalue weighted by Crippen LogP contribution is -2.49. The highest BCUT2D eigenvalue weighted by Gasteiger charge is 2.24. The number of anilines is 1. The van der Waals surface area contributed by atoms with Gasteiger partial charge >= 0.3 is 0 Å². The van der Waals surface area contributed by atoms with Crippen LogP contribution in [0.4, 0.5) is 5.13 Å². The Morgan fingerprint density at radius 3 is 2.81 bits per heavy atom. The van der Waals surface area contributed by atoms with E-state index < -0.39 is 0 Å². The minimum Gasteiger partial charge on any atom is -0.381 e. The first-order chi connectivity index (χ1) is 13.1. The molecule has 0 aromatic carbocycles. The van der Waals surface area contributed by atoms with Crippen molar-refractivity contribution in [2.75, 3.05) is 58.4 Å². The molecule has 1 unspecified atom stereocenters. The van der Waals surface area contributed by atoms with Crippen LogP contribution in [0, 0.1) is 5.92 Å². The molecule has 2 aliphatic heterocycles. The largest absolute Gasteiger partial charge is 0.381 e. The highest BCUT2D eigenvalue weighted by Crippen LogP contribution is 2.19. The number of rotatable bonds is 7. The molecule has 8 heteroatoms. The van der Waals surface area contributed by atoms with Crippen LogP contribution in [0.25, 0.3) is 0 Å². The molecule has 27 heavy (non-hydrogen) atoms. The van der Waals surface area contributed by atoms with Gasteiger partial charge in [-0.05, 0) is 32.1 Å². The highest BCUT2D eigenvalue weighted by atomic mass is 32.1. The lowest BCUT2D eigenvalue weighted by atomic mass is 10.0. The van der Waals surface area contributed by atoms with Crippen LogP contribution in [-0.2, 0) is 11.3 Å². The maximum absolute atomic E-state index is 5.51. The van der Waals surface area contributed by atoms with Gasteiger partial charge in [-0.25, -0.2) is 9.98 Å². The molecule has 1 aromatic heterocycles. The molecule has 7 nitrogen and oxygen atoms in total. The van der Waals surface area contributed by atoms with Crippen molar-refractivity contribution in [1.29, 1.82) is 0 Å². The van der Waals surface area contributed by atoms with E-state index in [1.54, 1.807) is 11.3 Å². The van der Waals surface area contributed by atoms with E-state index in [9.17, 15) is 0 Å². The summed E-state index contributed by atoms with van der Waals surface area (Å²) in [6.45, 7) is 8.99. The summed E-state index contributed by atoms with van der Waals surface area (Å²) < 4.78 is 5.51. The monoisotopic (exact) mass is 394 g/mol. The Bertz CT molecular complexity index is 591. The van der Waals surface area contributed by atoms with Crippen molar-refractivity contribution in [3.8, 4) is 0 Å². The van der Waals surface area contributed by atoms with Gasteiger partial charge in [0.2, 0.25) is 0 Å². The van der Waals surface area contributed by atoms with Crippen LogP contribution in [0.1, 0.15) is 31.9 Å². The van der Waals surface area contributed by atoms with Gasteiger partial charge < -0.3 is 25.2 Å². The third-order valence-corrected chi connectivity index (χ3v) is 6.19. The molecule has 0 aliphatic carbocycles. The Hall–Kier alpha value is -1.38. The van der Waals surface area contributed by atoms with Crippen molar-refractivity contribution in [1.82, 2.24) is 20.5 Å². The quantitative estimate of drug-likeness (QED) is 0.543. The maximum atomic E-state index is 5.51. The lowest BCUT2D eigenvalue weighted by Gasteiger charge is -2.34. The van der Waals surface area contributed by atoms with Gasteiger partial charge in [-0.1, -0.05) is 0 Å². The van der Waals surface area contributed by atoms with Gasteiger partial charge in [0.25, 0.3) is 0 Å². The number of hydrogen-bond acceptors (Lipinski definition) is 6. The fourth-order valence-electron chi connectivity index (χ4n) is 3.60. The van der Waals surface area contributed by atoms with Gasteiger partial charge in [-0.15, -0.1) is 11.3 Å². The van der Waals surface area contributed by atoms with Crippen molar-refractivity contribution in [3.63, 3.8) is 0 Å². The number of nitrogens with one attached hydrogen (secondary N) is 2. The van der Waals surface area contributed by atoms with Crippen LogP contribution in [0.2, 0.25) is 0 Å². The second-order valence-corrected chi connectivity index (χ2v) is 8.50. The van der Waals surface area contributed by atoms with Crippen LogP contribution in [0.3, 0.4) is 0 Å². The summed E-state index contributed by atoms with van der Waals surface area (Å²) in [5.74, 6) is 1.64. The zero-order chi connectivity index (χ0) is 19.1. The molecule has 0 bridgehead atoms. The Morgan fingerprint density at radius 1 is 1.37 bits per heavy atom. The van der Waals surface area contributed by atoms with Crippen LogP contribution in [0.5, 0.6) is 0 Å². The Labute approximate surface area is 167 Å². The normalized spacial score (nSPS) is 22.2. The first-order valence-corrected chi connectivity index (χ1v) is 11.0. The van der Waals surface area contributed by atoms with Crippen LogP contribution >= 0.6 is 11.3 Å². The number of thiazole rings is 1. The van der Waals surface area contributed by atoms with E-state index in [1.165, 1.54) is 25.8 Å². The first kappa shape index (κ1) is 20.4. The number of guanidine groups is 1. The molecule has 2 N–H and O–H groups in total. The van der Waals surface area contributed by atoms with Crippen molar-refractivity contribution < 1.29 is 4.74 Å². The fraction of sp³-hybridized carbons (Fsp3) is 0.789. The summed E-state index contributed by atoms with van der Waals surface area (Å²) in [5, 5.41) is 10.1. The molecule has 0 radical (unpaired) electrons. The number of ether oxygens (including phenoxy) is 1. The van der Waals surface area contributed by atoms with E-state index >= 15 is 0 Å². The number of hydrogen-bond donors (Lipinski definition) is 2. The van der Waals surface area contributed by atoms with E-state index in [4.69, 9.17) is 9.73 Å². The van der Waals surface area contributed by atoms with Gasteiger partial charge in [0.1, 0.15) is 0 Å². The molecule has 0 spiro atoms. The summed E-state index contributed by atoms with van der Waals surface area (Å²) in [6, 6.07) is 0.492. The summed E-state index contributed by atoms with van der Waals surface area (Å²) in [4.78, 5) is 14.0. The Morgan fingerprint density at radius 2 is 2.19 bits per heavy atom. The maximum Gasteiger partial charge on any atom is 0.191 e. The van der Waals surface area contributed by atoms with Gasteiger partial charge in [-0.2, -0.15) is 0 Å². The Kier molecular flexibility index (Phi) is 7.72. The number of likely N-dealkylation sites (tertiary alicyclic amines) is 1. The number of nitrogens with zero attached hydrogens (tertiary/aromatic N) is 4. The zero-order valence-electron chi connectivity index (χ0n) is 16.9. The van der Waals surface area contributed by atoms with Crippen molar-refractivity contribution in [2.24, 2.45) is 10.9 Å². The molecule has 2 fully saturated rings. The predicted molar refractivity (Wildman–Crippen MR) is 113 cm³/mol. The molecule has 152 valence electrons. The lowest BCUT2D eigenvalue weighted by molar-refractivity contribution is 0.150. The van der Waals surface area contributed by atoms with Crippen molar-refractivity contribution in [3.05, 3.63) is 11.1 Å².